The molecule has 0 saturated carbocycles. The summed E-state index contributed by atoms with van der Waals surface area (Å²) >= 11 is 0. The van der Waals surface area contributed by atoms with Crippen molar-refractivity contribution in [3.05, 3.63) is 59.4 Å². The standard InChI is InChI=1S/C19H20O3/c1-11-13-7-6-12(22-5)10-14(13)19(4)9-8-15(20)18(2,3)17(19)16(11)21/h6-10,21H,1H2,2-5H3. The van der Waals surface area contributed by atoms with E-state index < -0.39 is 10.8 Å². The monoisotopic (exact) mass is 296 g/mol. The molecule has 1 atom stereocenters. The number of aliphatic hydroxyl groups is 1. The van der Waals surface area contributed by atoms with Crippen LogP contribution in [0.4, 0.5) is 0 Å². The Morgan fingerprint density at radius 1 is 1.23 bits per heavy atom. The van der Waals surface area contributed by atoms with Crippen molar-refractivity contribution >= 4 is 11.4 Å². The zero-order chi connectivity index (χ0) is 16.3. The number of benzene rings is 1. The number of carbonyl (C=O) groups excluding carboxylic acids is 1. The Morgan fingerprint density at radius 3 is 2.55 bits per heavy atom. The molecule has 3 rings (SSSR count). The second kappa shape index (κ2) is 4.35. The number of hydrogen-bond donors (Lipinski definition) is 1. The summed E-state index contributed by atoms with van der Waals surface area (Å²) < 4.78 is 5.34. The summed E-state index contributed by atoms with van der Waals surface area (Å²) in [7, 11) is 1.63. The molecule has 0 aromatic heterocycles. The molecule has 0 heterocycles. The van der Waals surface area contributed by atoms with Crippen molar-refractivity contribution in [2.45, 2.75) is 26.2 Å². The van der Waals surface area contributed by atoms with Gasteiger partial charge in [-0.05, 0) is 55.7 Å². The number of rotatable bonds is 1. The van der Waals surface area contributed by atoms with Crippen LogP contribution in [0.2, 0.25) is 0 Å². The summed E-state index contributed by atoms with van der Waals surface area (Å²) in [6.45, 7) is 9.74. The summed E-state index contributed by atoms with van der Waals surface area (Å²) in [5.41, 5.74) is 1.84. The van der Waals surface area contributed by atoms with Crippen molar-refractivity contribution in [2.75, 3.05) is 7.11 Å². The molecule has 0 fully saturated rings. The highest BCUT2D eigenvalue weighted by Crippen LogP contribution is 2.54. The van der Waals surface area contributed by atoms with Crippen LogP contribution in [-0.2, 0) is 10.2 Å². The van der Waals surface area contributed by atoms with Gasteiger partial charge in [0.15, 0.2) is 5.78 Å². The van der Waals surface area contributed by atoms with Crippen LogP contribution in [0, 0.1) is 5.41 Å². The lowest BCUT2D eigenvalue weighted by molar-refractivity contribution is -0.121. The van der Waals surface area contributed by atoms with Crippen molar-refractivity contribution < 1.29 is 14.6 Å². The molecule has 1 aromatic carbocycles. The maximum absolute atomic E-state index is 12.3. The van der Waals surface area contributed by atoms with Gasteiger partial charge in [0, 0.05) is 11.0 Å². The van der Waals surface area contributed by atoms with E-state index in [2.05, 4.69) is 6.58 Å². The highest BCUT2D eigenvalue weighted by Gasteiger charge is 2.50. The molecule has 3 nitrogen and oxygen atoms in total. The van der Waals surface area contributed by atoms with Gasteiger partial charge >= 0.3 is 0 Å². The molecule has 0 amide bonds. The second-order valence-corrected chi connectivity index (χ2v) is 6.64. The molecule has 0 saturated heterocycles. The summed E-state index contributed by atoms with van der Waals surface area (Å²) in [6, 6.07) is 5.73. The predicted octanol–water partition coefficient (Wildman–Crippen LogP) is 3.96. The smallest absolute Gasteiger partial charge is 0.165 e. The van der Waals surface area contributed by atoms with Gasteiger partial charge in [0.1, 0.15) is 11.5 Å². The average Bonchev–Trinajstić information content (AvgIpc) is 2.48. The Hall–Kier alpha value is -2.29. The van der Waals surface area contributed by atoms with Crippen LogP contribution in [0.5, 0.6) is 5.75 Å². The van der Waals surface area contributed by atoms with E-state index in [-0.39, 0.29) is 11.5 Å². The Labute approximate surface area is 130 Å². The Morgan fingerprint density at radius 2 is 1.91 bits per heavy atom. The number of methoxy groups -OCH3 is 1. The van der Waals surface area contributed by atoms with Crippen molar-refractivity contribution in [2.24, 2.45) is 5.41 Å². The number of ketones is 1. The van der Waals surface area contributed by atoms with Gasteiger partial charge in [0.25, 0.3) is 0 Å². The highest BCUT2D eigenvalue weighted by atomic mass is 16.5. The zero-order valence-electron chi connectivity index (χ0n) is 13.4. The summed E-state index contributed by atoms with van der Waals surface area (Å²) in [4.78, 5) is 12.3. The third-order valence-corrected chi connectivity index (χ3v) is 4.96. The molecule has 1 aromatic rings. The van der Waals surface area contributed by atoms with Crippen LogP contribution in [0.15, 0.2) is 48.3 Å². The summed E-state index contributed by atoms with van der Waals surface area (Å²) in [5, 5.41) is 10.7. The quantitative estimate of drug-likeness (QED) is 0.853. The van der Waals surface area contributed by atoms with Gasteiger partial charge < -0.3 is 9.84 Å². The summed E-state index contributed by atoms with van der Waals surface area (Å²) in [6.07, 6.45) is 3.49. The van der Waals surface area contributed by atoms with E-state index in [1.165, 1.54) is 0 Å². The molecule has 22 heavy (non-hydrogen) atoms. The third kappa shape index (κ3) is 1.65. The molecule has 0 spiro atoms. The van der Waals surface area contributed by atoms with Crippen LogP contribution in [0.1, 0.15) is 31.9 Å². The first-order valence-electron chi connectivity index (χ1n) is 7.29. The lowest BCUT2D eigenvalue weighted by Gasteiger charge is -2.45. The van der Waals surface area contributed by atoms with E-state index in [0.717, 1.165) is 16.9 Å². The van der Waals surface area contributed by atoms with Crippen LogP contribution < -0.4 is 4.74 Å². The van der Waals surface area contributed by atoms with E-state index in [1.807, 2.05) is 45.0 Å². The fraction of sp³-hybridized carbons (Fsp3) is 0.316. The van der Waals surface area contributed by atoms with Gasteiger partial charge in [-0.1, -0.05) is 18.7 Å². The second-order valence-electron chi connectivity index (χ2n) is 6.64. The fourth-order valence-corrected chi connectivity index (χ4v) is 3.69. The maximum atomic E-state index is 12.3. The molecule has 114 valence electrons. The van der Waals surface area contributed by atoms with Crippen molar-refractivity contribution in [1.82, 2.24) is 0 Å². The number of allylic oxidation sites excluding steroid dienone is 4. The van der Waals surface area contributed by atoms with E-state index in [1.54, 1.807) is 13.2 Å². The van der Waals surface area contributed by atoms with Gasteiger partial charge in [0.2, 0.25) is 0 Å². The van der Waals surface area contributed by atoms with Gasteiger partial charge in [0.05, 0.1) is 12.5 Å². The van der Waals surface area contributed by atoms with Gasteiger partial charge in [-0.3, -0.25) is 4.79 Å². The van der Waals surface area contributed by atoms with Gasteiger partial charge in [-0.2, -0.15) is 0 Å². The highest BCUT2D eigenvalue weighted by molar-refractivity contribution is 6.01. The largest absolute Gasteiger partial charge is 0.507 e. The van der Waals surface area contributed by atoms with Crippen molar-refractivity contribution in [1.29, 1.82) is 0 Å². The molecule has 0 aliphatic heterocycles. The van der Waals surface area contributed by atoms with E-state index in [9.17, 15) is 9.90 Å². The SMILES string of the molecule is C=C1C(O)=C2C(C)(C)C(=O)C=CC2(C)c2cc(OC)ccc21. The molecule has 0 radical (unpaired) electrons. The van der Waals surface area contributed by atoms with Crippen LogP contribution in [-0.4, -0.2) is 18.0 Å². The lowest BCUT2D eigenvalue weighted by Crippen LogP contribution is -2.43. The maximum Gasteiger partial charge on any atom is 0.165 e. The number of aliphatic hydroxyl groups excluding tert-OH is 1. The van der Waals surface area contributed by atoms with E-state index >= 15 is 0 Å². The first-order chi connectivity index (χ1) is 10.2. The normalized spacial score (nSPS) is 25.8. The van der Waals surface area contributed by atoms with Crippen molar-refractivity contribution in [3.8, 4) is 5.75 Å². The van der Waals surface area contributed by atoms with Crippen LogP contribution in [0.25, 0.3) is 5.57 Å². The molecular formula is C19H20O3. The molecule has 1 unspecified atom stereocenters. The topological polar surface area (TPSA) is 46.5 Å². The molecule has 1 N–H and O–H groups in total. The van der Waals surface area contributed by atoms with Gasteiger partial charge in [-0.25, -0.2) is 0 Å². The lowest BCUT2D eigenvalue weighted by atomic mass is 9.57. The molecule has 3 heteroatoms. The van der Waals surface area contributed by atoms with E-state index in [4.69, 9.17) is 4.74 Å². The molecular weight excluding hydrogens is 276 g/mol. The number of hydrogen-bond acceptors (Lipinski definition) is 3. The molecule has 2 aliphatic rings. The number of ether oxygens (including phenoxy) is 1. The minimum absolute atomic E-state index is 0.00864. The Kier molecular flexibility index (Phi) is 2.90. The Bertz CT molecular complexity index is 765. The number of fused-ring (bicyclic) bond motifs is 3. The Balaban J connectivity index is 2.39. The number of carbonyl (C=O) groups is 1. The molecule has 0 bridgehead atoms. The minimum atomic E-state index is -0.767. The zero-order valence-corrected chi connectivity index (χ0v) is 13.4. The van der Waals surface area contributed by atoms with Crippen LogP contribution in [0.3, 0.4) is 0 Å². The van der Waals surface area contributed by atoms with E-state index in [0.29, 0.717) is 11.1 Å². The predicted molar refractivity (Wildman–Crippen MR) is 87.0 cm³/mol. The third-order valence-electron chi connectivity index (χ3n) is 4.96. The fourth-order valence-electron chi connectivity index (χ4n) is 3.69. The van der Waals surface area contributed by atoms with Gasteiger partial charge in [-0.15, -0.1) is 0 Å². The van der Waals surface area contributed by atoms with Crippen molar-refractivity contribution in [3.63, 3.8) is 0 Å². The minimum Gasteiger partial charge on any atom is -0.507 e. The summed E-state index contributed by atoms with van der Waals surface area (Å²) in [5.74, 6) is 0.866. The molecule has 2 aliphatic carbocycles. The van der Waals surface area contributed by atoms with Crippen LogP contribution >= 0.6 is 0 Å². The first-order valence-corrected chi connectivity index (χ1v) is 7.29. The average molecular weight is 296 g/mol. The first kappa shape index (κ1) is 14.6.